The Morgan fingerprint density at radius 3 is 2.30 bits per heavy atom. The van der Waals surface area contributed by atoms with Gasteiger partial charge < -0.3 is 20.9 Å². The van der Waals surface area contributed by atoms with Gasteiger partial charge in [0, 0.05) is 6.42 Å². The highest BCUT2D eigenvalue weighted by atomic mass is 16.6. The minimum atomic E-state index is -1.11. The van der Waals surface area contributed by atoms with Gasteiger partial charge in [-0.2, -0.15) is 0 Å². The molecule has 1 fully saturated rings. The van der Waals surface area contributed by atoms with E-state index in [2.05, 4.69) is 17.2 Å². The second-order valence-corrected chi connectivity index (χ2v) is 5.04. The molecule has 1 atom stereocenters. The Hall–Kier alpha value is -2.07. The van der Waals surface area contributed by atoms with Crippen LogP contribution in [0.1, 0.15) is 33.6 Å². The summed E-state index contributed by atoms with van der Waals surface area (Å²) in [7, 11) is 0. The van der Waals surface area contributed by atoms with Crippen LogP contribution in [0.15, 0.2) is 0 Å². The van der Waals surface area contributed by atoms with E-state index in [1.807, 2.05) is 0 Å². The molecule has 0 aromatic heterocycles. The fourth-order valence-electron chi connectivity index (χ4n) is 0.818. The van der Waals surface area contributed by atoms with Crippen molar-refractivity contribution in [2.75, 3.05) is 6.54 Å². The van der Waals surface area contributed by atoms with E-state index >= 15 is 0 Å². The fourth-order valence-corrected chi connectivity index (χ4v) is 0.818. The molecule has 0 aromatic carbocycles. The number of ether oxygens (including phenoxy) is 1. The number of carbonyl (C=O) groups is 3. The van der Waals surface area contributed by atoms with Crippen molar-refractivity contribution in [3.63, 3.8) is 0 Å². The number of amides is 1. The molecule has 0 radical (unpaired) electrons. The van der Waals surface area contributed by atoms with E-state index in [4.69, 9.17) is 15.6 Å². The third-order valence-corrected chi connectivity index (χ3v) is 1.74. The Bertz CT molecular complexity index is 422. The minimum absolute atomic E-state index is 0.0259. The highest BCUT2D eigenvalue weighted by Crippen LogP contribution is 2.07. The smallest absolute Gasteiger partial charge is 0.321 e. The lowest BCUT2D eigenvalue weighted by molar-refractivity contribution is -0.153. The summed E-state index contributed by atoms with van der Waals surface area (Å²) in [6.45, 7) is 5.88. The number of nitrogens with two attached hydrogens (primary N) is 1. The molecule has 0 spiro atoms. The minimum Gasteiger partial charge on any atom is -0.480 e. The van der Waals surface area contributed by atoms with Crippen LogP contribution in [0.4, 0.5) is 0 Å². The molecule has 7 heteroatoms. The Morgan fingerprint density at radius 1 is 1.45 bits per heavy atom. The van der Waals surface area contributed by atoms with Crippen molar-refractivity contribution >= 4 is 17.8 Å². The summed E-state index contributed by atoms with van der Waals surface area (Å²) in [5.74, 6) is 3.69. The highest BCUT2D eigenvalue weighted by molar-refractivity contribution is 5.91. The molecular weight excluding hydrogens is 264 g/mol. The first-order chi connectivity index (χ1) is 9.11. The molecule has 20 heavy (non-hydrogen) atoms. The second-order valence-electron chi connectivity index (χ2n) is 5.04. The molecule has 1 unspecified atom stereocenters. The summed E-state index contributed by atoms with van der Waals surface area (Å²) in [6.07, 6.45) is -0.0261. The van der Waals surface area contributed by atoms with Crippen molar-refractivity contribution in [2.45, 2.75) is 45.3 Å². The zero-order valence-corrected chi connectivity index (χ0v) is 11.9. The van der Waals surface area contributed by atoms with E-state index in [0.29, 0.717) is 6.54 Å². The number of rotatable bonds is 3. The average Bonchev–Trinajstić information content (AvgIpc) is 3.05. The third kappa shape index (κ3) is 12.4. The van der Waals surface area contributed by atoms with Crippen LogP contribution >= 0.6 is 0 Å². The number of hydrogen-bond donors (Lipinski definition) is 3. The van der Waals surface area contributed by atoms with Crippen LogP contribution in [0.25, 0.3) is 0 Å². The van der Waals surface area contributed by atoms with Gasteiger partial charge in [-0.25, -0.2) is 0 Å². The number of carboxylic acids is 1. The van der Waals surface area contributed by atoms with Gasteiger partial charge in [-0.05, 0) is 20.8 Å². The summed E-state index contributed by atoms with van der Waals surface area (Å²) in [6, 6.07) is -1.01. The average molecular weight is 284 g/mol. The van der Waals surface area contributed by atoms with E-state index in [0.717, 1.165) is 0 Å². The zero-order valence-electron chi connectivity index (χ0n) is 11.9. The third-order valence-electron chi connectivity index (χ3n) is 1.74. The van der Waals surface area contributed by atoms with Crippen LogP contribution in [0.2, 0.25) is 0 Å². The molecule has 1 aliphatic heterocycles. The number of aliphatic carboxylic acids is 1. The van der Waals surface area contributed by atoms with Crippen molar-refractivity contribution in [1.82, 2.24) is 5.32 Å². The predicted molar refractivity (Wildman–Crippen MR) is 71.5 cm³/mol. The summed E-state index contributed by atoms with van der Waals surface area (Å²) in [5.41, 5.74) is 4.69. The van der Waals surface area contributed by atoms with Crippen LogP contribution in [-0.2, 0) is 19.1 Å². The SMILES string of the molecule is CC(C)(C)OC(=O)CC#CCC(N)C(=O)O.O=C1CN1. The highest BCUT2D eigenvalue weighted by Gasteiger charge is 2.15. The van der Waals surface area contributed by atoms with E-state index in [9.17, 15) is 14.4 Å². The topological polar surface area (TPSA) is 129 Å². The maximum atomic E-state index is 11.2. The zero-order chi connectivity index (χ0) is 15.8. The van der Waals surface area contributed by atoms with Crippen LogP contribution in [0.3, 0.4) is 0 Å². The lowest BCUT2D eigenvalue weighted by Crippen LogP contribution is -2.29. The monoisotopic (exact) mass is 284 g/mol. The molecule has 7 nitrogen and oxygen atoms in total. The number of esters is 1. The number of hydrogen-bond acceptors (Lipinski definition) is 5. The van der Waals surface area contributed by atoms with Gasteiger partial charge in [-0.1, -0.05) is 5.92 Å². The van der Waals surface area contributed by atoms with Crippen molar-refractivity contribution in [3.8, 4) is 11.8 Å². The largest absolute Gasteiger partial charge is 0.480 e. The van der Waals surface area contributed by atoms with Gasteiger partial charge in [-0.3, -0.25) is 14.4 Å². The first kappa shape index (κ1) is 17.9. The fraction of sp³-hybridized carbons (Fsp3) is 0.615. The Morgan fingerprint density at radius 2 is 1.95 bits per heavy atom. The van der Waals surface area contributed by atoms with Crippen molar-refractivity contribution in [2.24, 2.45) is 5.73 Å². The van der Waals surface area contributed by atoms with Gasteiger partial charge in [0.25, 0.3) is 0 Å². The van der Waals surface area contributed by atoms with Gasteiger partial charge in [0.1, 0.15) is 18.1 Å². The molecule has 0 saturated carbocycles. The molecule has 112 valence electrons. The molecule has 1 heterocycles. The first-order valence-corrected chi connectivity index (χ1v) is 6.04. The normalized spacial score (nSPS) is 13.7. The predicted octanol–water partition coefficient (Wildman–Crippen LogP) is -0.360. The van der Waals surface area contributed by atoms with Gasteiger partial charge >= 0.3 is 11.9 Å². The van der Waals surface area contributed by atoms with Crippen LogP contribution < -0.4 is 11.1 Å². The first-order valence-electron chi connectivity index (χ1n) is 6.04. The molecule has 4 N–H and O–H groups in total. The maximum Gasteiger partial charge on any atom is 0.321 e. The van der Waals surface area contributed by atoms with E-state index < -0.39 is 23.6 Å². The molecule has 0 aromatic rings. The molecule has 0 bridgehead atoms. The number of nitrogens with one attached hydrogen (secondary N) is 1. The number of carbonyl (C=O) groups excluding carboxylic acids is 2. The van der Waals surface area contributed by atoms with E-state index in [-0.39, 0.29) is 18.7 Å². The summed E-state index contributed by atoms with van der Waals surface area (Å²) >= 11 is 0. The van der Waals surface area contributed by atoms with Crippen molar-refractivity contribution in [1.29, 1.82) is 0 Å². The lowest BCUT2D eigenvalue weighted by Gasteiger charge is -2.18. The summed E-state index contributed by atoms with van der Waals surface area (Å²) < 4.78 is 5.00. The van der Waals surface area contributed by atoms with Gasteiger partial charge in [0.15, 0.2) is 0 Å². The Kier molecular flexibility index (Phi) is 7.33. The van der Waals surface area contributed by atoms with Gasteiger partial charge in [-0.15, -0.1) is 5.92 Å². The van der Waals surface area contributed by atoms with Gasteiger partial charge in [0.05, 0.1) is 6.54 Å². The lowest BCUT2D eigenvalue weighted by atomic mass is 10.2. The molecule has 1 aliphatic rings. The van der Waals surface area contributed by atoms with Crippen LogP contribution in [0.5, 0.6) is 0 Å². The number of carboxylic acid groups (broad SMARTS) is 1. The Balaban J connectivity index is 0.000000760. The molecule has 1 saturated heterocycles. The summed E-state index contributed by atoms with van der Waals surface area (Å²) in [5, 5.41) is 10.9. The van der Waals surface area contributed by atoms with E-state index in [1.54, 1.807) is 20.8 Å². The van der Waals surface area contributed by atoms with E-state index in [1.165, 1.54) is 0 Å². The maximum absolute atomic E-state index is 11.2. The molecular formula is C13H20N2O5. The second kappa shape index (κ2) is 8.17. The van der Waals surface area contributed by atoms with Gasteiger partial charge in [0.2, 0.25) is 5.91 Å². The Labute approximate surface area is 117 Å². The van der Waals surface area contributed by atoms with Crippen molar-refractivity contribution < 1.29 is 24.2 Å². The molecule has 1 amide bonds. The van der Waals surface area contributed by atoms with Crippen LogP contribution in [0, 0.1) is 11.8 Å². The molecule has 0 aliphatic carbocycles. The quantitative estimate of drug-likeness (QED) is 0.369. The molecule has 1 rings (SSSR count). The van der Waals surface area contributed by atoms with Crippen LogP contribution in [-0.4, -0.2) is 41.1 Å². The summed E-state index contributed by atoms with van der Waals surface area (Å²) in [4.78, 5) is 30.9. The standard InChI is InChI=1S/C11H17NO4.C2H3NO/c1-11(2,3)16-9(13)7-5-4-6-8(12)10(14)15;4-2-1-3-2/h8H,6-7,12H2,1-3H3,(H,14,15);1H2,(H,3,4). The van der Waals surface area contributed by atoms with Crippen molar-refractivity contribution in [3.05, 3.63) is 0 Å².